The summed E-state index contributed by atoms with van der Waals surface area (Å²) in [5.41, 5.74) is 4.34. The van der Waals surface area contributed by atoms with Crippen LogP contribution >= 0.6 is 0 Å². The van der Waals surface area contributed by atoms with Crippen molar-refractivity contribution < 1.29 is 4.74 Å². The zero-order valence-corrected chi connectivity index (χ0v) is 13.0. The van der Waals surface area contributed by atoms with Crippen LogP contribution in [-0.2, 0) is 23.0 Å². The molecule has 1 fully saturated rings. The van der Waals surface area contributed by atoms with Gasteiger partial charge in [-0.1, -0.05) is 18.2 Å². The number of benzene rings is 1. The maximum Gasteiger partial charge on any atom is 0.133 e. The second-order valence-electron chi connectivity index (χ2n) is 6.31. The number of aryl methyl sites for hydroxylation is 2. The van der Waals surface area contributed by atoms with Gasteiger partial charge in [0.2, 0.25) is 0 Å². The number of hydrogen-bond donors (Lipinski definition) is 1. The van der Waals surface area contributed by atoms with Crippen LogP contribution in [0.25, 0.3) is 0 Å². The van der Waals surface area contributed by atoms with Gasteiger partial charge in [-0.05, 0) is 54.5 Å². The lowest BCUT2D eigenvalue weighted by atomic mass is 9.75. The van der Waals surface area contributed by atoms with Crippen molar-refractivity contribution in [2.24, 2.45) is 0 Å². The van der Waals surface area contributed by atoms with Gasteiger partial charge in [-0.25, -0.2) is 4.98 Å². The SMILES string of the molecule is N#CC1(c2ccc3c(c2)CCc2cccnc2N3)CCOCC1. The molecule has 2 aliphatic rings. The van der Waals surface area contributed by atoms with Gasteiger partial charge in [-0.15, -0.1) is 0 Å². The van der Waals surface area contributed by atoms with Gasteiger partial charge in [-0.2, -0.15) is 5.26 Å². The maximum absolute atomic E-state index is 9.77. The molecule has 116 valence electrons. The van der Waals surface area contributed by atoms with Crippen LogP contribution in [0.4, 0.5) is 11.5 Å². The summed E-state index contributed by atoms with van der Waals surface area (Å²) in [6.07, 6.45) is 5.30. The number of ether oxygens (including phenoxy) is 1. The number of hydrogen-bond acceptors (Lipinski definition) is 4. The van der Waals surface area contributed by atoms with E-state index in [1.165, 1.54) is 11.1 Å². The van der Waals surface area contributed by atoms with E-state index in [0.717, 1.165) is 42.8 Å². The highest BCUT2D eigenvalue weighted by atomic mass is 16.5. The summed E-state index contributed by atoms with van der Waals surface area (Å²) in [6, 6.07) is 13.1. The lowest BCUT2D eigenvalue weighted by molar-refractivity contribution is 0.0675. The quantitative estimate of drug-likeness (QED) is 0.876. The van der Waals surface area contributed by atoms with Crippen LogP contribution in [0.1, 0.15) is 29.5 Å². The summed E-state index contributed by atoms with van der Waals surface area (Å²) >= 11 is 0. The molecule has 0 amide bonds. The van der Waals surface area contributed by atoms with Crippen molar-refractivity contribution in [3.05, 3.63) is 53.2 Å². The number of fused-ring (bicyclic) bond motifs is 2. The summed E-state index contributed by atoms with van der Waals surface area (Å²) in [7, 11) is 0. The van der Waals surface area contributed by atoms with E-state index in [1.807, 2.05) is 12.3 Å². The molecule has 0 unspecified atom stereocenters. The smallest absolute Gasteiger partial charge is 0.133 e. The van der Waals surface area contributed by atoms with Gasteiger partial charge in [0, 0.05) is 25.1 Å². The van der Waals surface area contributed by atoms with Crippen LogP contribution in [0.3, 0.4) is 0 Å². The molecule has 3 heterocycles. The Labute approximate surface area is 136 Å². The lowest BCUT2D eigenvalue weighted by Crippen LogP contribution is -2.32. The first kappa shape index (κ1) is 14.2. The van der Waals surface area contributed by atoms with Gasteiger partial charge in [0.15, 0.2) is 0 Å². The third-order valence-electron chi connectivity index (χ3n) is 5.03. The summed E-state index contributed by atoms with van der Waals surface area (Å²) in [5.74, 6) is 0.945. The number of nitriles is 1. The summed E-state index contributed by atoms with van der Waals surface area (Å²) < 4.78 is 5.45. The zero-order valence-electron chi connectivity index (χ0n) is 13.0. The van der Waals surface area contributed by atoms with E-state index in [9.17, 15) is 5.26 Å². The summed E-state index contributed by atoms with van der Waals surface area (Å²) in [6.45, 7) is 1.33. The second-order valence-corrected chi connectivity index (χ2v) is 6.31. The first-order valence-electron chi connectivity index (χ1n) is 8.14. The highest BCUT2D eigenvalue weighted by Crippen LogP contribution is 2.37. The number of pyridine rings is 1. The Morgan fingerprint density at radius 2 is 1.96 bits per heavy atom. The average molecular weight is 305 g/mol. The van der Waals surface area contributed by atoms with Gasteiger partial charge >= 0.3 is 0 Å². The minimum absolute atomic E-state index is 0.398. The molecule has 0 bridgehead atoms. The monoisotopic (exact) mass is 305 g/mol. The van der Waals surface area contributed by atoms with Crippen molar-refractivity contribution in [2.75, 3.05) is 18.5 Å². The van der Waals surface area contributed by atoms with Crippen molar-refractivity contribution in [3.63, 3.8) is 0 Å². The minimum Gasteiger partial charge on any atom is -0.381 e. The third-order valence-corrected chi connectivity index (χ3v) is 5.03. The molecule has 1 aromatic carbocycles. The fraction of sp³-hybridized carbons (Fsp3) is 0.368. The van der Waals surface area contributed by atoms with Crippen LogP contribution in [0.2, 0.25) is 0 Å². The Bertz CT molecular complexity index is 772. The molecule has 0 atom stereocenters. The number of aromatic nitrogens is 1. The Hall–Kier alpha value is -2.38. The molecule has 4 heteroatoms. The normalized spacial score (nSPS) is 18.7. The highest BCUT2D eigenvalue weighted by molar-refractivity contribution is 5.66. The van der Waals surface area contributed by atoms with E-state index in [0.29, 0.717) is 13.2 Å². The van der Waals surface area contributed by atoms with Crippen LogP contribution in [0.5, 0.6) is 0 Å². The number of nitrogens with zero attached hydrogens (tertiary/aromatic N) is 2. The topological polar surface area (TPSA) is 57.9 Å². The van der Waals surface area contributed by atoms with Gasteiger partial charge in [-0.3, -0.25) is 0 Å². The van der Waals surface area contributed by atoms with E-state index < -0.39 is 5.41 Å². The van der Waals surface area contributed by atoms with Crippen LogP contribution in [-0.4, -0.2) is 18.2 Å². The molecule has 1 aromatic heterocycles. The largest absolute Gasteiger partial charge is 0.381 e. The van der Waals surface area contributed by atoms with Crippen LogP contribution in [0, 0.1) is 11.3 Å². The minimum atomic E-state index is -0.398. The first-order valence-corrected chi connectivity index (χ1v) is 8.14. The molecule has 1 N–H and O–H groups in total. The van der Waals surface area contributed by atoms with Gasteiger partial charge < -0.3 is 10.1 Å². The standard InChI is InChI=1S/C19H19N3O/c20-13-19(7-10-23-11-8-19)16-5-6-17-15(12-16)4-3-14-2-1-9-21-18(14)22-17/h1-2,5-6,9,12H,3-4,7-8,10-11H2,(H,21,22). The van der Waals surface area contributed by atoms with Crippen molar-refractivity contribution in [2.45, 2.75) is 31.1 Å². The molecule has 1 saturated heterocycles. The van der Waals surface area contributed by atoms with Gasteiger partial charge in [0.25, 0.3) is 0 Å². The molecular formula is C19H19N3O. The fourth-order valence-electron chi connectivity index (χ4n) is 3.55. The van der Waals surface area contributed by atoms with Crippen molar-refractivity contribution in [3.8, 4) is 6.07 Å². The molecule has 0 spiro atoms. The zero-order chi connectivity index (χ0) is 15.7. The Morgan fingerprint density at radius 3 is 2.78 bits per heavy atom. The second kappa shape index (κ2) is 5.68. The first-order chi connectivity index (χ1) is 11.3. The third kappa shape index (κ3) is 2.47. The van der Waals surface area contributed by atoms with E-state index in [1.54, 1.807) is 0 Å². The summed E-state index contributed by atoms with van der Waals surface area (Å²) in [5, 5.41) is 13.2. The highest BCUT2D eigenvalue weighted by Gasteiger charge is 2.35. The van der Waals surface area contributed by atoms with Crippen LogP contribution in [0.15, 0.2) is 36.5 Å². The average Bonchev–Trinajstić information content (AvgIpc) is 2.81. The molecule has 4 rings (SSSR count). The molecular weight excluding hydrogens is 286 g/mol. The van der Waals surface area contributed by atoms with Gasteiger partial charge in [0.05, 0.1) is 11.5 Å². The number of nitrogens with one attached hydrogen (secondary N) is 1. The molecule has 4 nitrogen and oxygen atoms in total. The van der Waals surface area contributed by atoms with Crippen molar-refractivity contribution in [1.29, 1.82) is 5.26 Å². The van der Waals surface area contributed by atoms with E-state index in [-0.39, 0.29) is 0 Å². The number of anilines is 2. The Balaban J connectivity index is 1.71. The molecule has 23 heavy (non-hydrogen) atoms. The molecule has 0 radical (unpaired) electrons. The van der Waals surface area contributed by atoms with Crippen molar-refractivity contribution in [1.82, 2.24) is 4.98 Å². The van der Waals surface area contributed by atoms with Gasteiger partial charge in [0.1, 0.15) is 5.82 Å². The van der Waals surface area contributed by atoms with E-state index in [2.05, 4.69) is 40.6 Å². The lowest BCUT2D eigenvalue weighted by Gasteiger charge is -2.31. The predicted molar refractivity (Wildman–Crippen MR) is 88.7 cm³/mol. The van der Waals surface area contributed by atoms with E-state index >= 15 is 0 Å². The van der Waals surface area contributed by atoms with E-state index in [4.69, 9.17) is 4.74 Å². The maximum atomic E-state index is 9.77. The molecule has 2 aromatic rings. The summed E-state index contributed by atoms with van der Waals surface area (Å²) in [4.78, 5) is 4.44. The van der Waals surface area contributed by atoms with Crippen molar-refractivity contribution >= 4 is 11.5 Å². The number of rotatable bonds is 1. The Morgan fingerprint density at radius 1 is 1.13 bits per heavy atom. The Kier molecular flexibility index (Phi) is 3.51. The molecule has 0 saturated carbocycles. The predicted octanol–water partition coefficient (Wildman–Crippen LogP) is 3.50. The molecule has 0 aliphatic carbocycles. The van der Waals surface area contributed by atoms with Crippen LogP contribution < -0.4 is 5.32 Å². The fourth-order valence-corrected chi connectivity index (χ4v) is 3.55. The molecule has 2 aliphatic heterocycles.